The highest BCUT2D eigenvalue weighted by Crippen LogP contribution is 2.38. The lowest BCUT2D eigenvalue weighted by Gasteiger charge is -2.21. The van der Waals surface area contributed by atoms with Gasteiger partial charge in [0.15, 0.2) is 0 Å². The molecule has 0 saturated carbocycles. The molecule has 1 aliphatic rings. The van der Waals surface area contributed by atoms with Crippen LogP contribution in [0.5, 0.6) is 0 Å². The number of nitrogens with zero attached hydrogens (tertiary/aromatic N) is 1. The first-order valence-electron chi connectivity index (χ1n) is 5.53. The average molecular weight is 337 g/mol. The molecule has 1 saturated heterocycles. The van der Waals surface area contributed by atoms with Crippen LogP contribution in [0.25, 0.3) is 0 Å². The van der Waals surface area contributed by atoms with Crippen LogP contribution >= 0.6 is 23.2 Å². The van der Waals surface area contributed by atoms with Crippen LogP contribution in [0, 0.1) is 0 Å². The summed E-state index contributed by atoms with van der Waals surface area (Å²) in [5.41, 5.74) is 3.25. The summed E-state index contributed by atoms with van der Waals surface area (Å²) < 4.78 is 17.8. The zero-order chi connectivity index (χ0) is 15.1. The molecule has 0 bridgehead atoms. The van der Waals surface area contributed by atoms with E-state index in [1.165, 1.54) is 18.2 Å². The number of halogens is 2. The van der Waals surface area contributed by atoms with E-state index in [4.69, 9.17) is 33.1 Å². The number of hydrogen-bond acceptors (Lipinski definition) is 4. The zero-order valence-electron chi connectivity index (χ0n) is 10.3. The minimum atomic E-state index is -2.14. The Morgan fingerprint density at radius 2 is 2.10 bits per heavy atom. The van der Waals surface area contributed by atoms with Crippen molar-refractivity contribution >= 4 is 46.3 Å². The minimum absolute atomic E-state index is 0.0914. The maximum atomic E-state index is 12.3. The molecule has 9 heteroatoms. The maximum absolute atomic E-state index is 12.3. The Hall–Kier alpha value is -1.15. The fraction of sp³-hybridized carbons (Fsp3) is 0.273. The van der Waals surface area contributed by atoms with Crippen molar-refractivity contribution < 1.29 is 18.0 Å². The van der Waals surface area contributed by atoms with Crippen molar-refractivity contribution in [2.24, 2.45) is 5.73 Å². The first-order chi connectivity index (χ1) is 9.34. The van der Waals surface area contributed by atoms with Gasteiger partial charge in [-0.15, -0.1) is 0 Å². The van der Waals surface area contributed by atoms with E-state index in [1.807, 2.05) is 0 Å². The molecular weight excluding hydrogens is 327 g/mol. The van der Waals surface area contributed by atoms with Crippen molar-refractivity contribution in [3.8, 4) is 0 Å². The second-order valence-corrected chi connectivity index (χ2v) is 5.83. The quantitative estimate of drug-likeness (QED) is 0.838. The van der Waals surface area contributed by atoms with E-state index in [0.29, 0.717) is 0 Å². The predicted octanol–water partition coefficient (Wildman–Crippen LogP) is 1.13. The van der Waals surface area contributed by atoms with Gasteiger partial charge in [0.05, 0.1) is 10.0 Å². The molecule has 6 nitrogen and oxygen atoms in total. The Morgan fingerprint density at radius 1 is 1.45 bits per heavy atom. The van der Waals surface area contributed by atoms with Gasteiger partial charge < -0.3 is 5.73 Å². The topological polar surface area (TPSA) is 89.7 Å². The molecule has 108 valence electrons. The van der Waals surface area contributed by atoms with Crippen molar-refractivity contribution in [2.45, 2.75) is 12.5 Å². The monoisotopic (exact) mass is 336 g/mol. The fourth-order valence-corrected chi connectivity index (χ4v) is 3.18. The van der Waals surface area contributed by atoms with Gasteiger partial charge in [-0.25, -0.2) is 12.7 Å². The number of carbonyl (C=O) groups is 2. The molecule has 2 unspecified atom stereocenters. The molecule has 2 amide bonds. The summed E-state index contributed by atoms with van der Waals surface area (Å²) in [7, 11) is 0. The molecule has 1 aliphatic heterocycles. The second kappa shape index (κ2) is 5.33. The van der Waals surface area contributed by atoms with Gasteiger partial charge in [-0.1, -0.05) is 29.3 Å². The number of hydrogen-bond donors (Lipinski definition) is 1. The summed E-state index contributed by atoms with van der Waals surface area (Å²) in [6, 6.07) is 4.08. The summed E-state index contributed by atoms with van der Waals surface area (Å²) in [4.78, 5) is 24.1. The summed E-state index contributed by atoms with van der Waals surface area (Å²) in [6.07, 6.45) is 0. The predicted molar refractivity (Wildman–Crippen MR) is 73.9 cm³/mol. The van der Waals surface area contributed by atoms with Crippen LogP contribution < -0.4 is 5.73 Å². The van der Waals surface area contributed by atoms with Gasteiger partial charge >= 0.3 is 0 Å². The number of amides is 2. The zero-order valence-corrected chi connectivity index (χ0v) is 12.6. The highest BCUT2D eigenvalue weighted by Gasteiger charge is 2.58. The van der Waals surface area contributed by atoms with Gasteiger partial charge in [0.2, 0.25) is 0 Å². The van der Waals surface area contributed by atoms with E-state index in [0.717, 1.165) is 4.31 Å². The summed E-state index contributed by atoms with van der Waals surface area (Å²) in [6.45, 7) is 1.72. The van der Waals surface area contributed by atoms with E-state index in [1.54, 1.807) is 6.92 Å². The Kier molecular flexibility index (Phi) is 4.06. The summed E-state index contributed by atoms with van der Waals surface area (Å²) in [5, 5.41) is 0.371. The van der Waals surface area contributed by atoms with Crippen LogP contribution in [0.2, 0.25) is 10.0 Å². The first-order valence-corrected chi connectivity index (χ1v) is 7.32. The highest BCUT2D eigenvalue weighted by atomic mass is 35.5. The van der Waals surface area contributed by atoms with Gasteiger partial charge in [0.1, 0.15) is 0 Å². The van der Waals surface area contributed by atoms with Crippen LogP contribution in [0.15, 0.2) is 18.2 Å². The lowest BCUT2D eigenvalue weighted by molar-refractivity contribution is -0.147. The lowest BCUT2D eigenvalue weighted by atomic mass is 9.92. The highest BCUT2D eigenvalue weighted by molar-refractivity contribution is 7.78. The first kappa shape index (κ1) is 15.2. The third-order valence-corrected chi connectivity index (χ3v) is 4.78. The Bertz CT molecular complexity index is 624. The van der Waals surface area contributed by atoms with Gasteiger partial charge in [-0.3, -0.25) is 9.59 Å². The normalized spacial score (nSPS) is 26.1. The molecule has 2 atom stereocenters. The Labute approximate surface area is 127 Å². The molecule has 1 heterocycles. The van der Waals surface area contributed by atoms with Crippen molar-refractivity contribution in [3.63, 3.8) is 0 Å². The number of primary amides is 1. The molecular formula is C11H10Cl2N2O4S. The van der Waals surface area contributed by atoms with Crippen molar-refractivity contribution in [2.75, 3.05) is 6.54 Å². The Morgan fingerprint density at radius 3 is 2.55 bits per heavy atom. The van der Waals surface area contributed by atoms with Crippen LogP contribution in [0.1, 0.15) is 12.5 Å². The third kappa shape index (κ3) is 2.10. The fourth-order valence-electron chi connectivity index (χ4n) is 1.86. The van der Waals surface area contributed by atoms with E-state index in [-0.39, 0.29) is 22.2 Å². The number of nitrogens with two attached hydrogens (primary N) is 1. The smallest absolute Gasteiger partial charge is 0.284 e. The van der Waals surface area contributed by atoms with E-state index in [9.17, 15) is 13.8 Å². The number of rotatable bonds is 3. The van der Waals surface area contributed by atoms with Crippen LogP contribution in [0.3, 0.4) is 0 Å². The summed E-state index contributed by atoms with van der Waals surface area (Å²) in [5.74, 6) is -1.85. The second-order valence-electron chi connectivity index (χ2n) is 3.97. The Balaban J connectivity index is 2.62. The summed E-state index contributed by atoms with van der Waals surface area (Å²) >= 11 is 9.58. The molecule has 0 aromatic heterocycles. The largest absolute Gasteiger partial charge is 0.366 e. The SMILES string of the molecule is CCN1C(=O)C(C(N)=O)(c2ccc(Cl)c(Cl)c2)OS1=O. The number of benzene rings is 1. The molecule has 2 rings (SSSR count). The van der Waals surface area contributed by atoms with Gasteiger partial charge in [-0.2, -0.15) is 0 Å². The molecule has 0 radical (unpaired) electrons. The molecule has 0 aliphatic carbocycles. The van der Waals surface area contributed by atoms with Crippen molar-refractivity contribution in [1.29, 1.82) is 0 Å². The molecule has 1 fully saturated rings. The number of carbonyl (C=O) groups excluding carboxylic acids is 2. The molecule has 1 aromatic rings. The molecule has 1 aromatic carbocycles. The standard InChI is InChI=1S/C11H10Cl2N2O4S/c1-2-15-10(17)11(9(14)16,19-20(15)18)6-3-4-7(12)8(13)5-6/h3-5H,2H2,1H3,(H2,14,16). The van der Waals surface area contributed by atoms with E-state index < -0.39 is 28.7 Å². The average Bonchev–Trinajstić information content (AvgIpc) is 2.65. The lowest BCUT2D eigenvalue weighted by Crippen LogP contribution is -2.48. The van der Waals surface area contributed by atoms with Crippen LogP contribution in [-0.4, -0.2) is 26.9 Å². The van der Waals surface area contributed by atoms with Gasteiger partial charge in [-0.05, 0) is 19.1 Å². The minimum Gasteiger partial charge on any atom is -0.366 e. The number of likely N-dealkylation sites (N-methyl/N-ethyl adjacent to an activating group) is 1. The maximum Gasteiger partial charge on any atom is 0.284 e. The van der Waals surface area contributed by atoms with Crippen molar-refractivity contribution in [1.82, 2.24) is 4.31 Å². The van der Waals surface area contributed by atoms with Crippen LogP contribution in [-0.2, 0) is 30.6 Å². The molecule has 2 N–H and O–H groups in total. The van der Waals surface area contributed by atoms with E-state index >= 15 is 0 Å². The third-order valence-electron chi connectivity index (χ3n) is 2.86. The van der Waals surface area contributed by atoms with Gasteiger partial charge in [0, 0.05) is 12.1 Å². The molecule has 20 heavy (non-hydrogen) atoms. The van der Waals surface area contributed by atoms with E-state index in [2.05, 4.69) is 0 Å². The molecule has 0 spiro atoms. The van der Waals surface area contributed by atoms with Crippen LogP contribution in [0.4, 0.5) is 0 Å². The van der Waals surface area contributed by atoms with Gasteiger partial charge in [0.25, 0.3) is 28.7 Å². The van der Waals surface area contributed by atoms with Crippen molar-refractivity contribution in [3.05, 3.63) is 33.8 Å².